The van der Waals surface area contributed by atoms with Crippen molar-refractivity contribution in [3.05, 3.63) is 59.8 Å². The number of phenolic OH excluding ortho intramolecular Hbond substituents is 1. The van der Waals surface area contributed by atoms with Crippen molar-refractivity contribution < 1.29 is 9.84 Å². The molecule has 0 radical (unpaired) electrons. The summed E-state index contributed by atoms with van der Waals surface area (Å²) in [4.78, 5) is 0. The van der Waals surface area contributed by atoms with Gasteiger partial charge < -0.3 is 31.6 Å². The lowest BCUT2D eigenvalue weighted by atomic mass is 10.1. The highest BCUT2D eigenvalue weighted by atomic mass is 16.5. The lowest BCUT2D eigenvalue weighted by Gasteiger charge is -2.11. The molecule has 6 N–H and O–H groups in total. The molecule has 0 heterocycles. The van der Waals surface area contributed by atoms with Crippen LogP contribution in [0.2, 0.25) is 0 Å². The molecule has 25 heavy (non-hydrogen) atoms. The number of anilines is 1. The van der Waals surface area contributed by atoms with Gasteiger partial charge in [-0.3, -0.25) is 0 Å². The molecule has 0 aliphatic rings. The van der Waals surface area contributed by atoms with E-state index in [-0.39, 0.29) is 5.75 Å². The molecule has 0 aliphatic heterocycles. The predicted molar refractivity (Wildman–Crippen MR) is 102 cm³/mol. The van der Waals surface area contributed by atoms with Gasteiger partial charge in [0.1, 0.15) is 11.5 Å². The molecule has 6 nitrogen and oxygen atoms in total. The monoisotopic (exact) mass is 340 g/mol. The Morgan fingerprint density at radius 2 is 2.08 bits per heavy atom. The fourth-order valence-corrected chi connectivity index (χ4v) is 2.39. The molecule has 0 atom stereocenters. The molecule has 2 rings (SSSR count). The summed E-state index contributed by atoms with van der Waals surface area (Å²) in [6, 6.07) is 13.1. The van der Waals surface area contributed by atoms with Crippen LogP contribution in [0.15, 0.2) is 48.7 Å². The predicted octanol–water partition coefficient (Wildman–Crippen LogP) is 2.55. The minimum atomic E-state index is 0.131. The van der Waals surface area contributed by atoms with E-state index in [9.17, 15) is 5.11 Å². The van der Waals surface area contributed by atoms with E-state index >= 15 is 0 Å². The lowest BCUT2D eigenvalue weighted by Crippen LogP contribution is -2.21. The Labute approximate surface area is 147 Å². The Balaban J connectivity index is 1.80. The van der Waals surface area contributed by atoms with Crippen LogP contribution in [0.1, 0.15) is 11.1 Å². The van der Waals surface area contributed by atoms with Crippen LogP contribution in [-0.4, -0.2) is 31.5 Å². The number of aromatic hydroxyl groups is 1. The number of methoxy groups -OCH3 is 1. The quantitative estimate of drug-likeness (QED) is 0.274. The van der Waals surface area contributed by atoms with Crippen LogP contribution in [0, 0.1) is 5.41 Å². The summed E-state index contributed by atoms with van der Waals surface area (Å²) in [5.41, 5.74) is 8.52. The Morgan fingerprint density at radius 3 is 2.76 bits per heavy atom. The second kappa shape index (κ2) is 9.34. The van der Waals surface area contributed by atoms with Gasteiger partial charge >= 0.3 is 0 Å². The van der Waals surface area contributed by atoms with Crippen LogP contribution >= 0.6 is 0 Å². The van der Waals surface area contributed by atoms with Crippen molar-refractivity contribution in [1.29, 1.82) is 5.41 Å². The van der Waals surface area contributed by atoms with Gasteiger partial charge in [0, 0.05) is 37.6 Å². The summed E-state index contributed by atoms with van der Waals surface area (Å²) in [5.74, 6) is 0.977. The first-order valence-corrected chi connectivity index (χ1v) is 8.01. The van der Waals surface area contributed by atoms with Crippen LogP contribution in [0.4, 0.5) is 5.69 Å². The molecule has 132 valence electrons. The Kier molecular flexibility index (Phi) is 6.86. The maximum absolute atomic E-state index is 10.1. The number of ether oxygens (including phenoxy) is 1. The minimum Gasteiger partial charge on any atom is -0.506 e. The molecule has 2 aromatic carbocycles. The number of hydrogen-bond donors (Lipinski definition) is 5. The third kappa shape index (κ3) is 5.26. The van der Waals surface area contributed by atoms with Gasteiger partial charge in [-0.1, -0.05) is 18.2 Å². The molecular formula is C19H24N4O2. The molecule has 0 unspecified atom stereocenters. The van der Waals surface area contributed by atoms with E-state index in [1.807, 2.05) is 30.3 Å². The zero-order valence-corrected chi connectivity index (χ0v) is 14.3. The number of rotatable bonds is 9. The van der Waals surface area contributed by atoms with Crippen molar-refractivity contribution >= 4 is 17.5 Å². The SMILES string of the molecule is COc1cccc(CNCCNc2ccc(/C(C=N)=C/N)cc2O)c1. The summed E-state index contributed by atoms with van der Waals surface area (Å²) in [7, 11) is 1.66. The summed E-state index contributed by atoms with van der Waals surface area (Å²) in [6.45, 7) is 2.15. The zero-order valence-electron chi connectivity index (χ0n) is 14.3. The van der Waals surface area contributed by atoms with E-state index in [4.69, 9.17) is 15.9 Å². The molecule has 2 aromatic rings. The topological polar surface area (TPSA) is 103 Å². The molecule has 6 heteroatoms. The normalized spacial score (nSPS) is 11.2. The second-order valence-corrected chi connectivity index (χ2v) is 5.45. The van der Waals surface area contributed by atoms with Gasteiger partial charge in [-0.05, 0) is 35.4 Å². The van der Waals surface area contributed by atoms with Gasteiger partial charge in [0.15, 0.2) is 0 Å². The van der Waals surface area contributed by atoms with Crippen molar-refractivity contribution in [3.63, 3.8) is 0 Å². The van der Waals surface area contributed by atoms with Crippen LogP contribution < -0.4 is 21.1 Å². The Hall–Kier alpha value is -2.99. The highest BCUT2D eigenvalue weighted by molar-refractivity contribution is 6.08. The summed E-state index contributed by atoms with van der Waals surface area (Å²) in [6.07, 6.45) is 2.50. The van der Waals surface area contributed by atoms with Crippen molar-refractivity contribution in [2.75, 3.05) is 25.5 Å². The van der Waals surface area contributed by atoms with Crippen molar-refractivity contribution in [3.8, 4) is 11.5 Å². The molecule has 0 bridgehead atoms. The van der Waals surface area contributed by atoms with Crippen LogP contribution in [0.3, 0.4) is 0 Å². The summed E-state index contributed by atoms with van der Waals surface area (Å²) >= 11 is 0. The highest BCUT2D eigenvalue weighted by Crippen LogP contribution is 2.26. The molecular weight excluding hydrogens is 316 g/mol. The van der Waals surface area contributed by atoms with E-state index in [1.165, 1.54) is 6.20 Å². The molecule has 0 aromatic heterocycles. The average Bonchev–Trinajstić information content (AvgIpc) is 2.64. The van der Waals surface area contributed by atoms with E-state index in [0.29, 0.717) is 23.4 Å². The van der Waals surface area contributed by atoms with Gasteiger partial charge in [0.2, 0.25) is 0 Å². The molecule has 0 spiro atoms. The number of nitrogens with two attached hydrogens (primary N) is 1. The highest BCUT2D eigenvalue weighted by Gasteiger charge is 2.04. The largest absolute Gasteiger partial charge is 0.506 e. The second-order valence-electron chi connectivity index (χ2n) is 5.45. The number of benzene rings is 2. The molecule has 0 saturated heterocycles. The first-order chi connectivity index (χ1) is 12.2. The molecule has 0 amide bonds. The minimum absolute atomic E-state index is 0.131. The lowest BCUT2D eigenvalue weighted by molar-refractivity contribution is 0.414. The standard InChI is InChI=1S/C19H24N4O2/c1-25-17-4-2-3-14(9-17)13-22-7-8-23-18-6-5-15(10-19(18)24)16(11-20)12-21/h2-6,9-12,20,22-24H,7-8,13,21H2,1H3/b16-12+,20-11?. The number of allylic oxidation sites excluding steroid dienone is 1. The van der Waals surface area contributed by atoms with Gasteiger partial charge in [-0.15, -0.1) is 0 Å². The average molecular weight is 340 g/mol. The maximum atomic E-state index is 10.1. The van der Waals surface area contributed by atoms with Crippen LogP contribution in [0.25, 0.3) is 5.57 Å². The number of phenols is 1. The van der Waals surface area contributed by atoms with Crippen LogP contribution in [0.5, 0.6) is 11.5 Å². The summed E-state index contributed by atoms with van der Waals surface area (Å²) < 4.78 is 5.20. The smallest absolute Gasteiger partial charge is 0.139 e. The molecule has 0 fully saturated rings. The third-order valence-electron chi connectivity index (χ3n) is 3.75. The number of hydrogen-bond acceptors (Lipinski definition) is 6. The van der Waals surface area contributed by atoms with Crippen molar-refractivity contribution in [1.82, 2.24) is 5.32 Å². The first kappa shape index (κ1) is 18.4. The number of nitrogens with one attached hydrogen (secondary N) is 3. The Morgan fingerprint density at radius 1 is 1.24 bits per heavy atom. The van der Waals surface area contributed by atoms with E-state index in [2.05, 4.69) is 10.6 Å². The van der Waals surface area contributed by atoms with E-state index in [0.717, 1.165) is 30.6 Å². The molecule has 0 saturated carbocycles. The van der Waals surface area contributed by atoms with Crippen LogP contribution in [-0.2, 0) is 6.54 Å². The first-order valence-electron chi connectivity index (χ1n) is 8.01. The molecule has 0 aliphatic carbocycles. The van der Waals surface area contributed by atoms with Gasteiger partial charge in [-0.2, -0.15) is 0 Å². The van der Waals surface area contributed by atoms with Crippen molar-refractivity contribution in [2.24, 2.45) is 5.73 Å². The fraction of sp³-hybridized carbons (Fsp3) is 0.211. The maximum Gasteiger partial charge on any atom is 0.139 e. The van der Waals surface area contributed by atoms with E-state index in [1.54, 1.807) is 19.2 Å². The van der Waals surface area contributed by atoms with Gasteiger partial charge in [0.25, 0.3) is 0 Å². The fourth-order valence-electron chi connectivity index (χ4n) is 2.39. The van der Waals surface area contributed by atoms with Gasteiger partial charge in [0.05, 0.1) is 12.8 Å². The third-order valence-corrected chi connectivity index (χ3v) is 3.75. The van der Waals surface area contributed by atoms with Gasteiger partial charge in [-0.25, -0.2) is 0 Å². The zero-order chi connectivity index (χ0) is 18.1. The summed E-state index contributed by atoms with van der Waals surface area (Å²) in [5, 5.41) is 23.9. The van der Waals surface area contributed by atoms with E-state index < -0.39 is 0 Å². The van der Waals surface area contributed by atoms with Crippen molar-refractivity contribution in [2.45, 2.75) is 6.54 Å². The Bertz CT molecular complexity index is 744.